The Morgan fingerprint density at radius 1 is 1.12 bits per heavy atom. The molecule has 2 amide bonds. The van der Waals surface area contributed by atoms with E-state index in [2.05, 4.69) is 4.90 Å². The molecule has 1 aromatic carbocycles. The third kappa shape index (κ3) is 6.13. The maximum absolute atomic E-state index is 13.4. The van der Waals surface area contributed by atoms with E-state index >= 15 is 0 Å². The van der Waals surface area contributed by atoms with Crippen molar-refractivity contribution in [3.8, 4) is 5.75 Å². The van der Waals surface area contributed by atoms with Crippen molar-refractivity contribution in [2.24, 2.45) is 0 Å². The van der Waals surface area contributed by atoms with E-state index in [0.717, 1.165) is 19.6 Å². The molecular formula is C24H31N3O6. The average molecular weight is 458 g/mol. The van der Waals surface area contributed by atoms with Crippen LogP contribution in [-0.4, -0.2) is 105 Å². The lowest BCUT2D eigenvalue weighted by Gasteiger charge is -2.36. The zero-order chi connectivity index (χ0) is 23.0. The van der Waals surface area contributed by atoms with Crippen LogP contribution in [-0.2, 0) is 9.47 Å². The van der Waals surface area contributed by atoms with Gasteiger partial charge in [0.1, 0.15) is 5.75 Å². The van der Waals surface area contributed by atoms with Crippen LogP contribution in [0.3, 0.4) is 0 Å². The first-order valence-electron chi connectivity index (χ1n) is 11.3. The fraction of sp³-hybridized carbons (Fsp3) is 0.500. The maximum atomic E-state index is 13.4. The summed E-state index contributed by atoms with van der Waals surface area (Å²) in [5, 5.41) is 0. The van der Waals surface area contributed by atoms with Crippen LogP contribution in [0.1, 0.15) is 20.9 Å². The average Bonchev–Trinajstić information content (AvgIpc) is 3.41. The predicted octanol–water partition coefficient (Wildman–Crippen LogP) is 1.60. The van der Waals surface area contributed by atoms with Crippen molar-refractivity contribution in [3.05, 3.63) is 54.0 Å². The molecule has 33 heavy (non-hydrogen) atoms. The Kier molecular flexibility index (Phi) is 7.98. The van der Waals surface area contributed by atoms with E-state index in [1.165, 1.54) is 6.26 Å². The van der Waals surface area contributed by atoms with Gasteiger partial charge in [0.05, 0.1) is 39.3 Å². The van der Waals surface area contributed by atoms with Gasteiger partial charge in [0.25, 0.3) is 11.8 Å². The molecule has 1 aromatic heterocycles. The summed E-state index contributed by atoms with van der Waals surface area (Å²) in [6.07, 6.45) is 1.21. The van der Waals surface area contributed by atoms with Gasteiger partial charge in [-0.15, -0.1) is 0 Å². The van der Waals surface area contributed by atoms with Gasteiger partial charge < -0.3 is 28.4 Å². The molecule has 0 bridgehead atoms. The molecule has 0 saturated carbocycles. The number of benzene rings is 1. The zero-order valence-electron chi connectivity index (χ0n) is 19.0. The van der Waals surface area contributed by atoms with Crippen molar-refractivity contribution in [1.82, 2.24) is 14.7 Å². The van der Waals surface area contributed by atoms with Crippen molar-refractivity contribution >= 4 is 11.8 Å². The Morgan fingerprint density at radius 3 is 2.73 bits per heavy atom. The number of ether oxygens (including phenoxy) is 3. The molecule has 0 radical (unpaired) electrons. The third-order valence-corrected chi connectivity index (χ3v) is 5.98. The first-order valence-corrected chi connectivity index (χ1v) is 11.3. The SMILES string of the molecule is COc1cccc(C(=O)N(CCN2CCOCC2)C[C@H]2CN(C(=O)c3ccco3)CCO2)c1. The highest BCUT2D eigenvalue weighted by atomic mass is 16.5. The highest BCUT2D eigenvalue weighted by Crippen LogP contribution is 2.17. The number of hydrogen-bond donors (Lipinski definition) is 0. The molecule has 0 spiro atoms. The summed E-state index contributed by atoms with van der Waals surface area (Å²) in [4.78, 5) is 32.0. The largest absolute Gasteiger partial charge is 0.497 e. The molecule has 1 atom stereocenters. The molecule has 0 N–H and O–H groups in total. The van der Waals surface area contributed by atoms with E-state index in [-0.39, 0.29) is 17.9 Å². The second kappa shape index (κ2) is 11.3. The van der Waals surface area contributed by atoms with Crippen molar-refractivity contribution in [2.45, 2.75) is 6.10 Å². The van der Waals surface area contributed by atoms with E-state index in [1.54, 1.807) is 36.3 Å². The minimum atomic E-state index is -0.281. The fourth-order valence-corrected chi connectivity index (χ4v) is 4.12. The summed E-state index contributed by atoms with van der Waals surface area (Å²) in [6.45, 7) is 6.14. The van der Waals surface area contributed by atoms with E-state index < -0.39 is 0 Å². The summed E-state index contributed by atoms with van der Waals surface area (Å²) in [7, 11) is 1.58. The number of carbonyl (C=O) groups is 2. The van der Waals surface area contributed by atoms with Crippen molar-refractivity contribution in [1.29, 1.82) is 0 Å². The quantitative estimate of drug-likeness (QED) is 0.595. The van der Waals surface area contributed by atoms with E-state index in [4.69, 9.17) is 18.6 Å². The molecule has 4 rings (SSSR count). The predicted molar refractivity (Wildman–Crippen MR) is 121 cm³/mol. The molecule has 2 saturated heterocycles. The van der Waals surface area contributed by atoms with Gasteiger partial charge in [0.2, 0.25) is 0 Å². The monoisotopic (exact) mass is 457 g/mol. The summed E-state index contributed by atoms with van der Waals surface area (Å²) >= 11 is 0. The molecule has 2 aromatic rings. The van der Waals surface area contributed by atoms with Crippen LogP contribution >= 0.6 is 0 Å². The van der Waals surface area contributed by atoms with Gasteiger partial charge in [-0.05, 0) is 30.3 Å². The molecule has 2 aliphatic rings. The topological polar surface area (TPSA) is 84.7 Å². The standard InChI is InChI=1S/C24H31N3O6/c1-30-20-5-2-4-19(16-20)23(28)26(8-7-25-9-13-31-14-10-25)17-21-18-27(11-15-32-21)24(29)22-6-3-12-33-22/h2-6,12,16,21H,7-11,13-15,17-18H2,1H3/t21-/m0/s1. The number of rotatable bonds is 8. The molecule has 0 aliphatic carbocycles. The number of furan rings is 1. The van der Waals surface area contributed by atoms with Gasteiger partial charge >= 0.3 is 0 Å². The van der Waals surface area contributed by atoms with Crippen LogP contribution < -0.4 is 4.74 Å². The van der Waals surface area contributed by atoms with Crippen LogP contribution in [0.2, 0.25) is 0 Å². The molecule has 9 nitrogen and oxygen atoms in total. The highest BCUT2D eigenvalue weighted by molar-refractivity contribution is 5.94. The van der Waals surface area contributed by atoms with Crippen LogP contribution in [0, 0.1) is 0 Å². The van der Waals surface area contributed by atoms with E-state index in [0.29, 0.717) is 63.1 Å². The Balaban J connectivity index is 1.44. The van der Waals surface area contributed by atoms with E-state index in [1.807, 2.05) is 17.0 Å². The lowest BCUT2D eigenvalue weighted by Crippen LogP contribution is -2.52. The molecule has 3 heterocycles. The number of morpholine rings is 2. The minimum absolute atomic E-state index is 0.0831. The lowest BCUT2D eigenvalue weighted by atomic mass is 10.1. The first-order chi connectivity index (χ1) is 16.1. The smallest absolute Gasteiger partial charge is 0.289 e. The molecule has 2 aliphatic heterocycles. The summed E-state index contributed by atoms with van der Waals surface area (Å²) in [6, 6.07) is 10.5. The molecule has 178 valence electrons. The minimum Gasteiger partial charge on any atom is -0.497 e. The Morgan fingerprint density at radius 2 is 1.97 bits per heavy atom. The Bertz CT molecular complexity index is 913. The van der Waals surface area contributed by atoms with Gasteiger partial charge in [-0.1, -0.05) is 6.07 Å². The van der Waals surface area contributed by atoms with Crippen LogP contribution in [0.25, 0.3) is 0 Å². The fourth-order valence-electron chi connectivity index (χ4n) is 4.12. The second-order valence-electron chi connectivity index (χ2n) is 8.16. The van der Waals surface area contributed by atoms with Gasteiger partial charge in [-0.25, -0.2) is 0 Å². The van der Waals surface area contributed by atoms with Gasteiger partial charge in [0.15, 0.2) is 5.76 Å². The number of methoxy groups -OCH3 is 1. The maximum Gasteiger partial charge on any atom is 0.289 e. The summed E-state index contributed by atoms with van der Waals surface area (Å²) in [5.41, 5.74) is 0.565. The Labute approximate surface area is 193 Å². The lowest BCUT2D eigenvalue weighted by molar-refractivity contribution is -0.0354. The van der Waals surface area contributed by atoms with Gasteiger partial charge in [-0.2, -0.15) is 0 Å². The van der Waals surface area contributed by atoms with Crippen molar-refractivity contribution in [2.75, 3.05) is 72.7 Å². The van der Waals surface area contributed by atoms with Crippen molar-refractivity contribution < 1.29 is 28.2 Å². The summed E-state index contributed by atoms with van der Waals surface area (Å²) in [5.74, 6) is 0.706. The number of nitrogens with zero attached hydrogens (tertiary/aromatic N) is 3. The van der Waals surface area contributed by atoms with Crippen LogP contribution in [0.15, 0.2) is 47.1 Å². The summed E-state index contributed by atoms with van der Waals surface area (Å²) < 4.78 is 21.9. The molecule has 2 fully saturated rings. The van der Waals surface area contributed by atoms with Gasteiger partial charge in [0, 0.05) is 51.4 Å². The highest BCUT2D eigenvalue weighted by Gasteiger charge is 2.29. The number of carbonyl (C=O) groups excluding carboxylic acids is 2. The van der Waals surface area contributed by atoms with E-state index in [9.17, 15) is 9.59 Å². The molecular weight excluding hydrogens is 426 g/mol. The molecule has 9 heteroatoms. The molecule has 0 unspecified atom stereocenters. The first kappa shape index (κ1) is 23.3. The number of hydrogen-bond acceptors (Lipinski definition) is 7. The third-order valence-electron chi connectivity index (χ3n) is 5.98. The van der Waals surface area contributed by atoms with Crippen LogP contribution in [0.5, 0.6) is 5.75 Å². The zero-order valence-corrected chi connectivity index (χ0v) is 19.0. The normalized spacial score (nSPS) is 19.3. The second-order valence-corrected chi connectivity index (χ2v) is 8.16. The Hall–Kier alpha value is -2.88. The van der Waals surface area contributed by atoms with Crippen LogP contribution in [0.4, 0.5) is 0 Å². The van der Waals surface area contributed by atoms with Gasteiger partial charge in [-0.3, -0.25) is 14.5 Å². The number of amides is 2. The van der Waals surface area contributed by atoms with Crippen molar-refractivity contribution in [3.63, 3.8) is 0 Å².